The summed E-state index contributed by atoms with van der Waals surface area (Å²) in [5.41, 5.74) is -0.456. The second-order valence-corrected chi connectivity index (χ2v) is 2.99. The van der Waals surface area contributed by atoms with Gasteiger partial charge in [-0.25, -0.2) is 0 Å². The zero-order valence-corrected chi connectivity index (χ0v) is 9.50. The van der Waals surface area contributed by atoms with Gasteiger partial charge in [0.25, 0.3) is 0 Å². The first-order valence-corrected chi connectivity index (χ1v) is 4.51. The maximum absolute atomic E-state index is 10.8. The molecule has 0 aromatic carbocycles. The van der Waals surface area contributed by atoms with E-state index in [9.17, 15) is 10.1 Å². The molecule has 1 aromatic heterocycles. The van der Waals surface area contributed by atoms with Crippen molar-refractivity contribution in [2.75, 3.05) is 14.2 Å². The summed E-state index contributed by atoms with van der Waals surface area (Å²) in [6.45, 7) is 1.42. The Morgan fingerprint density at radius 2 is 1.82 bits per heavy atom. The van der Waals surface area contributed by atoms with E-state index in [2.05, 4.69) is 9.97 Å². The molecule has 0 atom stereocenters. The Morgan fingerprint density at radius 1 is 1.35 bits per heavy atom. The quantitative estimate of drug-likeness (QED) is 0.481. The van der Waals surface area contributed by atoms with Crippen molar-refractivity contribution in [2.24, 2.45) is 0 Å². The summed E-state index contributed by atoms with van der Waals surface area (Å²) in [6, 6.07) is 0. The third-order valence-corrected chi connectivity index (χ3v) is 1.74. The van der Waals surface area contributed by atoms with Crippen LogP contribution in [0, 0.1) is 10.1 Å². The van der Waals surface area contributed by atoms with Crippen LogP contribution >= 0.6 is 0 Å². The van der Waals surface area contributed by atoms with E-state index in [1.165, 1.54) is 27.2 Å². The van der Waals surface area contributed by atoms with Crippen molar-refractivity contribution in [3.05, 3.63) is 21.7 Å². The van der Waals surface area contributed by atoms with Gasteiger partial charge in [-0.05, 0) is 6.92 Å². The van der Waals surface area contributed by atoms with E-state index in [0.717, 1.165) is 0 Å². The van der Waals surface area contributed by atoms with Crippen LogP contribution in [0.2, 0.25) is 0 Å². The van der Waals surface area contributed by atoms with E-state index in [1.807, 2.05) is 0 Å². The summed E-state index contributed by atoms with van der Waals surface area (Å²) in [6.07, 6.45) is 1.23. The molecule has 0 amide bonds. The molecule has 0 fully saturated rings. The Kier molecular flexibility index (Phi) is 3.81. The van der Waals surface area contributed by atoms with Gasteiger partial charge in [0.1, 0.15) is 0 Å². The number of hydrogen-bond acceptors (Lipinski definition) is 7. The van der Waals surface area contributed by atoms with Gasteiger partial charge in [0, 0.05) is 6.08 Å². The molecular formula is C9H11N3O5. The number of aliphatic hydroxyl groups is 1. The summed E-state index contributed by atoms with van der Waals surface area (Å²) in [5.74, 6) is -0.434. The van der Waals surface area contributed by atoms with Crippen molar-refractivity contribution in [2.45, 2.75) is 6.92 Å². The second kappa shape index (κ2) is 5.10. The van der Waals surface area contributed by atoms with Crippen LogP contribution in [-0.2, 0) is 0 Å². The minimum absolute atomic E-state index is 0.0389. The van der Waals surface area contributed by atoms with Gasteiger partial charge in [-0.3, -0.25) is 10.1 Å². The fraction of sp³-hybridized carbons (Fsp3) is 0.333. The Bertz CT molecular complexity index is 443. The van der Waals surface area contributed by atoms with Crippen LogP contribution in [0.15, 0.2) is 5.76 Å². The molecule has 8 heteroatoms. The molecule has 0 aliphatic carbocycles. The molecule has 0 saturated carbocycles. The van der Waals surface area contributed by atoms with Gasteiger partial charge in [0.15, 0.2) is 5.82 Å². The van der Waals surface area contributed by atoms with Crippen LogP contribution in [0.5, 0.6) is 11.8 Å². The first-order valence-electron chi connectivity index (χ1n) is 4.51. The number of rotatable bonds is 4. The van der Waals surface area contributed by atoms with E-state index >= 15 is 0 Å². The van der Waals surface area contributed by atoms with Crippen LogP contribution in [0.25, 0.3) is 6.08 Å². The maximum Gasteiger partial charge on any atom is 0.392 e. The number of hydrogen-bond donors (Lipinski definition) is 1. The largest absolute Gasteiger partial charge is 0.512 e. The standard InChI is InChI=1S/C9H11N3O5/c1-5(13)4-6-10-8(16-2)7(12(14)15)9(11-6)17-3/h4,13H,1-3H3/b5-4-. The van der Waals surface area contributed by atoms with Crippen molar-refractivity contribution in [3.63, 3.8) is 0 Å². The van der Waals surface area contributed by atoms with Gasteiger partial charge in [0.05, 0.1) is 24.9 Å². The average Bonchev–Trinajstić information content (AvgIpc) is 2.26. The third kappa shape index (κ3) is 2.80. The molecule has 0 saturated heterocycles. The minimum Gasteiger partial charge on any atom is -0.512 e. The highest BCUT2D eigenvalue weighted by atomic mass is 16.6. The number of ether oxygens (including phenoxy) is 2. The van der Waals surface area contributed by atoms with Crippen molar-refractivity contribution in [1.82, 2.24) is 9.97 Å². The third-order valence-electron chi connectivity index (χ3n) is 1.74. The lowest BCUT2D eigenvalue weighted by Crippen LogP contribution is -2.04. The SMILES string of the molecule is COc1nc(/C=C(/C)O)nc(OC)c1[N+](=O)[O-]. The van der Waals surface area contributed by atoms with Crippen LogP contribution in [0.1, 0.15) is 12.7 Å². The molecule has 0 bridgehead atoms. The van der Waals surface area contributed by atoms with E-state index in [0.29, 0.717) is 0 Å². The van der Waals surface area contributed by atoms with Crippen LogP contribution in [0.3, 0.4) is 0 Å². The highest BCUT2D eigenvalue weighted by molar-refractivity contribution is 5.54. The summed E-state index contributed by atoms with van der Waals surface area (Å²) in [5, 5.41) is 19.9. The molecule has 1 heterocycles. The molecule has 17 heavy (non-hydrogen) atoms. The molecule has 0 spiro atoms. The molecular weight excluding hydrogens is 230 g/mol. The number of methoxy groups -OCH3 is 2. The smallest absolute Gasteiger partial charge is 0.392 e. The number of aliphatic hydroxyl groups excluding tert-OH is 1. The summed E-state index contributed by atoms with van der Waals surface area (Å²) in [4.78, 5) is 17.6. The van der Waals surface area contributed by atoms with Gasteiger partial charge in [-0.15, -0.1) is 0 Å². The van der Waals surface area contributed by atoms with Crippen molar-refractivity contribution >= 4 is 11.8 Å². The molecule has 0 aliphatic heterocycles. The van der Waals surface area contributed by atoms with Gasteiger partial charge >= 0.3 is 17.4 Å². The molecule has 0 aliphatic rings. The highest BCUT2D eigenvalue weighted by Crippen LogP contribution is 2.33. The lowest BCUT2D eigenvalue weighted by Gasteiger charge is -2.05. The van der Waals surface area contributed by atoms with Gasteiger partial charge in [-0.2, -0.15) is 9.97 Å². The first-order chi connectivity index (χ1) is 7.99. The molecule has 92 valence electrons. The predicted molar refractivity (Wildman–Crippen MR) is 58.1 cm³/mol. The van der Waals surface area contributed by atoms with E-state index in [1.54, 1.807) is 0 Å². The Hall–Kier alpha value is -2.38. The van der Waals surface area contributed by atoms with Crippen molar-refractivity contribution < 1.29 is 19.5 Å². The van der Waals surface area contributed by atoms with E-state index < -0.39 is 10.6 Å². The molecule has 1 rings (SSSR count). The fourth-order valence-corrected chi connectivity index (χ4v) is 1.12. The Balaban J connectivity index is 3.44. The van der Waals surface area contributed by atoms with Crippen LogP contribution in [0.4, 0.5) is 5.69 Å². The number of aromatic nitrogens is 2. The average molecular weight is 241 g/mol. The summed E-state index contributed by atoms with van der Waals surface area (Å²) >= 11 is 0. The molecule has 0 unspecified atom stereocenters. The second-order valence-electron chi connectivity index (χ2n) is 2.99. The van der Waals surface area contributed by atoms with E-state index in [-0.39, 0.29) is 23.3 Å². The van der Waals surface area contributed by atoms with Crippen LogP contribution in [-0.4, -0.2) is 34.2 Å². The molecule has 8 nitrogen and oxygen atoms in total. The maximum atomic E-state index is 10.8. The Morgan fingerprint density at radius 3 is 2.12 bits per heavy atom. The minimum atomic E-state index is -0.697. The fourth-order valence-electron chi connectivity index (χ4n) is 1.12. The monoisotopic (exact) mass is 241 g/mol. The van der Waals surface area contributed by atoms with Gasteiger partial charge in [0.2, 0.25) is 0 Å². The first kappa shape index (κ1) is 12.7. The normalized spacial score (nSPS) is 11.1. The zero-order valence-electron chi connectivity index (χ0n) is 9.50. The van der Waals surface area contributed by atoms with Crippen molar-refractivity contribution in [3.8, 4) is 11.8 Å². The summed E-state index contributed by atoms with van der Waals surface area (Å²) in [7, 11) is 2.49. The molecule has 0 radical (unpaired) electrons. The van der Waals surface area contributed by atoms with Crippen LogP contribution < -0.4 is 9.47 Å². The molecule has 1 N–H and O–H groups in total. The Labute approximate surface area is 96.7 Å². The summed E-state index contributed by atoms with van der Waals surface area (Å²) < 4.78 is 9.58. The number of nitro groups is 1. The van der Waals surface area contributed by atoms with E-state index in [4.69, 9.17) is 14.6 Å². The lowest BCUT2D eigenvalue weighted by molar-refractivity contribution is -0.387. The van der Waals surface area contributed by atoms with Crippen molar-refractivity contribution in [1.29, 1.82) is 0 Å². The predicted octanol–water partition coefficient (Wildman–Crippen LogP) is 1.32. The van der Waals surface area contributed by atoms with Gasteiger partial charge < -0.3 is 14.6 Å². The highest BCUT2D eigenvalue weighted by Gasteiger charge is 2.26. The molecule has 1 aromatic rings. The lowest BCUT2D eigenvalue weighted by atomic mass is 10.4. The number of nitrogens with zero attached hydrogens (tertiary/aromatic N) is 3. The number of allylic oxidation sites excluding steroid dienone is 1. The zero-order chi connectivity index (χ0) is 13.0. The topological polar surface area (TPSA) is 108 Å². The van der Waals surface area contributed by atoms with Gasteiger partial charge in [-0.1, -0.05) is 0 Å².